The van der Waals surface area contributed by atoms with Crippen LogP contribution < -0.4 is 0 Å². The van der Waals surface area contributed by atoms with Crippen molar-refractivity contribution in [1.29, 1.82) is 0 Å². The maximum atomic E-state index is 12.1. The Morgan fingerprint density at radius 3 is 1.31 bits per heavy atom. The largest absolute Gasteiger partial charge is 0.478 e. The number of carbonyl (C=O) groups is 4. The number of aromatic amines is 2. The van der Waals surface area contributed by atoms with Gasteiger partial charge in [0.2, 0.25) is 0 Å². The minimum absolute atomic E-state index is 0. The molecule has 300 valence electrons. The summed E-state index contributed by atoms with van der Waals surface area (Å²) in [4.78, 5) is 65.2. The van der Waals surface area contributed by atoms with Crippen LogP contribution >= 0.6 is 0 Å². The van der Waals surface area contributed by atoms with E-state index in [1.807, 2.05) is 48.6 Å². The summed E-state index contributed by atoms with van der Waals surface area (Å²) in [6.45, 7) is 0. The molecule has 0 saturated carbocycles. The summed E-state index contributed by atoms with van der Waals surface area (Å²) in [5.74, 6) is -4.39. The van der Waals surface area contributed by atoms with Crippen LogP contribution in [0.1, 0.15) is 69.8 Å². The Hall–Kier alpha value is -7.95. The first-order valence-corrected chi connectivity index (χ1v) is 18.5. The average molecular weight is 986 g/mol. The van der Waals surface area contributed by atoms with Crippen molar-refractivity contribution >= 4 is 69.7 Å². The SMILES string of the molecule is O=C(O)c1ccc(C2=Cc3cc4ccc(cc5nc(cc6[nH]c(c(-c7ccc(C(=O)O)cc7)c2n3)c(-c2ccc(C(=O)O)cc2)c6-c2ccc(C(=O)O)cc2)C=C5)[nH]4)cc1.[Pt]. The van der Waals surface area contributed by atoms with Gasteiger partial charge in [0.25, 0.3) is 0 Å². The van der Waals surface area contributed by atoms with Crippen molar-refractivity contribution in [2.24, 2.45) is 0 Å². The predicted octanol–water partition coefficient (Wildman–Crippen LogP) is 9.87. The minimum atomic E-state index is -1.11. The van der Waals surface area contributed by atoms with Crippen LogP contribution in [0.5, 0.6) is 0 Å². The molecule has 0 radical (unpaired) electrons. The summed E-state index contributed by atoms with van der Waals surface area (Å²) in [6, 6.07) is 35.1. The monoisotopic (exact) mass is 985 g/mol. The van der Waals surface area contributed by atoms with Crippen LogP contribution in [-0.2, 0) is 21.1 Å². The number of carboxylic acids is 4. The molecule has 13 heteroatoms. The molecule has 2 aliphatic rings. The van der Waals surface area contributed by atoms with Crippen molar-refractivity contribution in [2.75, 3.05) is 0 Å². The van der Waals surface area contributed by atoms with E-state index in [2.05, 4.69) is 9.97 Å². The molecule has 3 aromatic heterocycles. The Balaban J connectivity index is 0.00000514. The smallest absolute Gasteiger partial charge is 0.335 e. The Morgan fingerprint density at radius 1 is 0.426 bits per heavy atom. The van der Waals surface area contributed by atoms with Gasteiger partial charge in [0.15, 0.2) is 0 Å². The van der Waals surface area contributed by atoms with Gasteiger partial charge in [-0.25, -0.2) is 29.1 Å². The second-order valence-corrected chi connectivity index (χ2v) is 14.1. The molecule has 0 aliphatic carbocycles. The number of rotatable bonds is 8. The van der Waals surface area contributed by atoms with Crippen molar-refractivity contribution in [1.82, 2.24) is 19.9 Å². The van der Waals surface area contributed by atoms with Crippen molar-refractivity contribution in [2.45, 2.75) is 0 Å². The fourth-order valence-corrected chi connectivity index (χ4v) is 7.48. The van der Waals surface area contributed by atoms with E-state index < -0.39 is 23.9 Å². The fraction of sp³-hybridized carbons (Fsp3) is 0. The number of fused-ring (bicyclic) bond motifs is 8. The molecule has 8 bridgehead atoms. The Morgan fingerprint density at radius 2 is 0.836 bits per heavy atom. The van der Waals surface area contributed by atoms with Crippen molar-refractivity contribution < 1.29 is 60.7 Å². The summed E-state index contributed by atoms with van der Waals surface area (Å²) in [6.07, 6.45) is 5.66. The first-order valence-electron chi connectivity index (χ1n) is 18.5. The number of nitrogens with one attached hydrogen (secondary N) is 2. The van der Waals surface area contributed by atoms with Gasteiger partial charge >= 0.3 is 23.9 Å². The molecule has 0 spiro atoms. The first-order chi connectivity index (χ1) is 29.0. The number of carboxylic acid groups (broad SMARTS) is 4. The van der Waals surface area contributed by atoms with E-state index in [-0.39, 0.29) is 43.3 Å². The number of hydrogen-bond donors (Lipinski definition) is 6. The molecule has 0 unspecified atom stereocenters. The molecule has 61 heavy (non-hydrogen) atoms. The van der Waals surface area contributed by atoms with E-state index in [0.29, 0.717) is 78.3 Å². The van der Waals surface area contributed by atoms with E-state index >= 15 is 0 Å². The number of H-pyrrole nitrogens is 2. The van der Waals surface area contributed by atoms with Crippen molar-refractivity contribution in [3.05, 3.63) is 178 Å². The van der Waals surface area contributed by atoms with Gasteiger partial charge in [-0.2, -0.15) is 0 Å². The molecular weight excluding hydrogens is 956 g/mol. The molecule has 0 amide bonds. The number of benzene rings is 4. The summed E-state index contributed by atoms with van der Waals surface area (Å²) in [7, 11) is 0. The van der Waals surface area contributed by atoms with Gasteiger partial charge in [-0.15, -0.1) is 0 Å². The third-order valence-electron chi connectivity index (χ3n) is 10.3. The number of hydrogen-bond acceptors (Lipinski definition) is 6. The van der Waals surface area contributed by atoms with Crippen LogP contribution in [0, 0.1) is 0 Å². The Bertz CT molecular complexity index is 3180. The van der Waals surface area contributed by atoms with Gasteiger partial charge < -0.3 is 30.4 Å². The molecule has 0 saturated heterocycles. The average Bonchev–Trinajstić information content (AvgIpc) is 4.06. The number of nitrogens with zero attached hydrogens (tertiary/aromatic N) is 2. The zero-order valence-electron chi connectivity index (χ0n) is 31.5. The molecule has 0 fully saturated rings. The van der Waals surface area contributed by atoms with Crippen LogP contribution in [0.15, 0.2) is 127 Å². The van der Waals surface area contributed by atoms with E-state index in [0.717, 1.165) is 11.0 Å². The normalized spacial score (nSPS) is 11.7. The standard InChI is InChI=1S/C48H30N4O8.Pt/c53-45(54)29-9-1-25(2-10-29)38-23-37-22-35-18-17-33(49-35)21-34-19-20-36(50-34)24-39-40(26-3-11-30(12-4-26)46(55)56)41(27-5-13-31(14-6-27)47(57)58)44(52-39)42(43(38)51-37)28-7-15-32(16-8-28)48(59)60;/h1-24,49,52H,(H,53,54)(H,55,56)(H,57,58)(H,59,60);. The molecule has 2 aliphatic heterocycles. The summed E-state index contributed by atoms with van der Waals surface area (Å²) in [5.41, 5.74) is 10.2. The van der Waals surface area contributed by atoms with Gasteiger partial charge in [-0.1, -0.05) is 48.5 Å². The fourth-order valence-electron chi connectivity index (χ4n) is 7.48. The van der Waals surface area contributed by atoms with Crippen LogP contribution in [0.25, 0.3) is 79.2 Å². The molecular formula is C48H30N4O8Pt. The second-order valence-electron chi connectivity index (χ2n) is 14.1. The minimum Gasteiger partial charge on any atom is -0.478 e. The molecule has 12 nitrogen and oxygen atoms in total. The zero-order valence-corrected chi connectivity index (χ0v) is 33.8. The molecule has 4 aromatic carbocycles. The number of aromatic carboxylic acids is 4. The molecule has 9 rings (SSSR count). The van der Waals surface area contributed by atoms with Crippen LogP contribution in [0.4, 0.5) is 0 Å². The van der Waals surface area contributed by atoms with Gasteiger partial charge in [0.1, 0.15) is 0 Å². The maximum absolute atomic E-state index is 12.1. The molecule has 6 N–H and O–H groups in total. The third kappa shape index (κ3) is 7.71. The summed E-state index contributed by atoms with van der Waals surface area (Å²) in [5, 5.41) is 39.2. The van der Waals surface area contributed by atoms with Crippen LogP contribution in [-0.4, -0.2) is 64.2 Å². The van der Waals surface area contributed by atoms with Gasteiger partial charge in [0.05, 0.1) is 50.5 Å². The third-order valence-corrected chi connectivity index (χ3v) is 10.3. The summed E-state index contributed by atoms with van der Waals surface area (Å²) >= 11 is 0. The van der Waals surface area contributed by atoms with E-state index in [1.54, 1.807) is 48.5 Å². The van der Waals surface area contributed by atoms with Gasteiger partial charge in [-0.3, -0.25) is 0 Å². The Kier molecular flexibility index (Phi) is 10.5. The Labute approximate surface area is 360 Å². The van der Waals surface area contributed by atoms with Crippen molar-refractivity contribution in [3.63, 3.8) is 0 Å². The predicted molar refractivity (Wildman–Crippen MR) is 227 cm³/mol. The molecule has 7 aromatic rings. The van der Waals surface area contributed by atoms with E-state index in [9.17, 15) is 39.6 Å². The number of aromatic nitrogens is 4. The first kappa shape index (κ1) is 39.9. The summed E-state index contributed by atoms with van der Waals surface area (Å²) < 4.78 is 0. The van der Waals surface area contributed by atoms with Crippen LogP contribution in [0.3, 0.4) is 0 Å². The zero-order chi connectivity index (χ0) is 41.7. The molecule has 0 atom stereocenters. The van der Waals surface area contributed by atoms with Crippen LogP contribution in [0.2, 0.25) is 0 Å². The van der Waals surface area contributed by atoms with Gasteiger partial charge in [0, 0.05) is 59.9 Å². The van der Waals surface area contributed by atoms with Crippen molar-refractivity contribution in [3.8, 4) is 33.4 Å². The van der Waals surface area contributed by atoms with E-state index in [4.69, 9.17) is 9.97 Å². The second kappa shape index (κ2) is 16.0. The topological polar surface area (TPSA) is 207 Å². The van der Waals surface area contributed by atoms with E-state index in [1.165, 1.54) is 48.5 Å². The van der Waals surface area contributed by atoms with Gasteiger partial charge in [-0.05, 0) is 119 Å². The quantitative estimate of drug-likeness (QED) is 0.0850. The maximum Gasteiger partial charge on any atom is 0.335 e. The molecule has 5 heterocycles.